The predicted molar refractivity (Wildman–Crippen MR) is 101 cm³/mol. The van der Waals surface area contributed by atoms with Crippen LogP contribution in [0.15, 0.2) is 39.5 Å². The van der Waals surface area contributed by atoms with Crippen LogP contribution >= 0.6 is 11.8 Å². The van der Waals surface area contributed by atoms with Gasteiger partial charge in [0.25, 0.3) is 0 Å². The van der Waals surface area contributed by atoms with Gasteiger partial charge in [0, 0.05) is 23.6 Å². The van der Waals surface area contributed by atoms with Crippen LogP contribution in [-0.2, 0) is 9.59 Å². The molecule has 2 atom stereocenters. The molecule has 8 heteroatoms. The lowest BCUT2D eigenvalue weighted by atomic mass is 10.1. The Morgan fingerprint density at radius 3 is 2.81 bits per heavy atom. The third-order valence-electron chi connectivity index (χ3n) is 4.57. The molecule has 2 aromatic rings. The normalized spacial score (nSPS) is 17.8. The van der Waals surface area contributed by atoms with E-state index in [1.54, 1.807) is 31.2 Å². The highest BCUT2D eigenvalue weighted by Gasteiger charge is 2.35. The van der Waals surface area contributed by atoms with Crippen LogP contribution in [-0.4, -0.2) is 45.3 Å². The number of thioether (sulfide) groups is 1. The monoisotopic (exact) mass is 389 g/mol. The Hall–Kier alpha value is -2.61. The molecule has 1 saturated heterocycles. The maximum Gasteiger partial charge on any atom is 0.348 e. The largest absolute Gasteiger partial charge is 0.480 e. The third kappa shape index (κ3) is 4.05. The Balaban J connectivity index is 1.67. The molecule has 0 spiro atoms. The summed E-state index contributed by atoms with van der Waals surface area (Å²) in [6.45, 7) is 2.07. The molecule has 0 unspecified atom stereocenters. The first-order chi connectivity index (χ1) is 12.9. The first-order valence-corrected chi connectivity index (χ1v) is 9.60. The minimum absolute atomic E-state index is 0.0667. The average molecular weight is 389 g/mol. The van der Waals surface area contributed by atoms with Gasteiger partial charge in [0.15, 0.2) is 0 Å². The molecule has 0 radical (unpaired) electrons. The molecule has 7 nitrogen and oxygen atoms in total. The average Bonchev–Trinajstić information content (AvgIpc) is 3.14. The summed E-state index contributed by atoms with van der Waals surface area (Å²) >= 11 is 0.863. The van der Waals surface area contributed by atoms with E-state index < -0.39 is 28.7 Å². The Labute approximate surface area is 159 Å². The number of rotatable bonds is 5. The van der Waals surface area contributed by atoms with Crippen molar-refractivity contribution in [3.63, 3.8) is 0 Å². The van der Waals surface area contributed by atoms with Crippen LogP contribution in [0.25, 0.3) is 11.0 Å². The van der Waals surface area contributed by atoms with Crippen molar-refractivity contribution in [2.45, 2.75) is 25.8 Å². The van der Waals surface area contributed by atoms with Gasteiger partial charge in [0.1, 0.15) is 17.2 Å². The van der Waals surface area contributed by atoms with E-state index >= 15 is 0 Å². The lowest BCUT2D eigenvalue weighted by Crippen LogP contribution is -2.43. The van der Waals surface area contributed by atoms with E-state index in [9.17, 15) is 24.3 Å². The van der Waals surface area contributed by atoms with Crippen molar-refractivity contribution in [2.75, 3.05) is 12.3 Å². The van der Waals surface area contributed by atoms with E-state index in [1.165, 1.54) is 11.0 Å². The molecule has 0 bridgehead atoms. The highest BCUT2D eigenvalue weighted by molar-refractivity contribution is 8.14. The quantitative estimate of drug-likeness (QED) is 0.783. The van der Waals surface area contributed by atoms with Crippen molar-refractivity contribution in [3.05, 3.63) is 46.3 Å². The summed E-state index contributed by atoms with van der Waals surface area (Å²) in [7, 11) is 0. The second-order valence-corrected chi connectivity index (χ2v) is 7.51. The van der Waals surface area contributed by atoms with Gasteiger partial charge in [-0.1, -0.05) is 36.9 Å². The number of likely N-dealkylation sites (tertiary alicyclic amines) is 1. The van der Waals surface area contributed by atoms with E-state index in [1.807, 2.05) is 0 Å². The number of fused-ring (bicyclic) bond motifs is 1. The lowest BCUT2D eigenvalue weighted by Gasteiger charge is -2.24. The summed E-state index contributed by atoms with van der Waals surface area (Å²) in [6, 6.07) is 7.59. The van der Waals surface area contributed by atoms with Crippen molar-refractivity contribution in [3.8, 4) is 0 Å². The van der Waals surface area contributed by atoms with E-state index in [0.717, 1.165) is 11.8 Å². The van der Waals surface area contributed by atoms with Gasteiger partial charge >= 0.3 is 11.6 Å². The molecule has 1 aromatic carbocycles. The highest BCUT2D eigenvalue weighted by atomic mass is 32.2. The summed E-state index contributed by atoms with van der Waals surface area (Å²) in [6.07, 6.45) is 1.09. The van der Waals surface area contributed by atoms with Crippen molar-refractivity contribution in [1.29, 1.82) is 0 Å². The van der Waals surface area contributed by atoms with Crippen LogP contribution < -0.4 is 5.63 Å². The number of aliphatic carboxylic acids is 1. The van der Waals surface area contributed by atoms with Crippen molar-refractivity contribution >= 4 is 39.7 Å². The maximum atomic E-state index is 12.5. The summed E-state index contributed by atoms with van der Waals surface area (Å²) in [5.41, 5.74) is -0.375. The zero-order valence-corrected chi connectivity index (χ0v) is 15.5. The molecule has 0 aliphatic carbocycles. The molecular weight excluding hydrogens is 370 g/mol. The first-order valence-electron chi connectivity index (χ1n) is 8.62. The third-order valence-corrected chi connectivity index (χ3v) is 5.72. The van der Waals surface area contributed by atoms with Crippen molar-refractivity contribution in [1.82, 2.24) is 4.90 Å². The van der Waals surface area contributed by atoms with Crippen molar-refractivity contribution < 1.29 is 23.9 Å². The molecule has 2 heterocycles. The van der Waals surface area contributed by atoms with E-state index in [4.69, 9.17) is 4.42 Å². The maximum absolute atomic E-state index is 12.5. The molecule has 3 rings (SSSR count). The molecule has 1 N–H and O–H groups in total. The van der Waals surface area contributed by atoms with Crippen LogP contribution in [0.5, 0.6) is 0 Å². The molecule has 0 saturated carbocycles. The summed E-state index contributed by atoms with van der Waals surface area (Å²) < 4.78 is 5.16. The first kappa shape index (κ1) is 19.2. The standard InChI is InChI=1S/C19H19NO6S/c1-11(16(21)20-8-4-6-14(20)17(22)23)10-27-19(25)13-9-12-5-2-3-7-15(12)26-18(13)24/h2-3,5,7,9,11,14H,4,6,8,10H2,1H3,(H,22,23)/t11-,14+/m1/s1. The summed E-state index contributed by atoms with van der Waals surface area (Å²) in [5, 5.41) is 9.38. The summed E-state index contributed by atoms with van der Waals surface area (Å²) in [4.78, 5) is 49.6. The molecule has 142 valence electrons. The van der Waals surface area contributed by atoms with Gasteiger partial charge in [-0.15, -0.1) is 0 Å². The van der Waals surface area contributed by atoms with E-state index in [-0.39, 0.29) is 17.2 Å². The van der Waals surface area contributed by atoms with E-state index in [0.29, 0.717) is 30.4 Å². The molecular formula is C19H19NO6S. The second-order valence-electron chi connectivity index (χ2n) is 6.51. The van der Waals surface area contributed by atoms with Crippen LogP contribution in [0.1, 0.15) is 30.1 Å². The van der Waals surface area contributed by atoms with Gasteiger partial charge in [-0.2, -0.15) is 0 Å². The number of nitrogens with zero attached hydrogens (tertiary/aromatic N) is 1. The van der Waals surface area contributed by atoms with Gasteiger partial charge in [0.2, 0.25) is 11.0 Å². The highest BCUT2D eigenvalue weighted by Crippen LogP contribution is 2.23. The summed E-state index contributed by atoms with van der Waals surface area (Å²) in [5.74, 6) is -1.67. The number of carboxylic acids is 1. The number of amides is 1. The Bertz CT molecular complexity index is 953. The SMILES string of the molecule is C[C@H](CSC(=O)c1cc2ccccc2oc1=O)C(=O)N1CCC[C@H]1C(=O)O. The fourth-order valence-corrected chi connectivity index (χ4v) is 3.97. The minimum atomic E-state index is -1.01. The van der Waals surface area contributed by atoms with Gasteiger partial charge in [-0.25, -0.2) is 9.59 Å². The second kappa shape index (κ2) is 7.96. The minimum Gasteiger partial charge on any atom is -0.480 e. The topological polar surface area (TPSA) is 105 Å². The van der Waals surface area contributed by atoms with Gasteiger partial charge in [0.05, 0.1) is 0 Å². The van der Waals surface area contributed by atoms with Gasteiger partial charge in [-0.05, 0) is 25.0 Å². The van der Waals surface area contributed by atoms with Crippen molar-refractivity contribution in [2.24, 2.45) is 5.92 Å². The number of carbonyl (C=O) groups is 3. The van der Waals surface area contributed by atoms with Crippen LogP contribution in [0, 0.1) is 5.92 Å². The molecule has 1 amide bonds. The molecule has 1 aliphatic heterocycles. The Morgan fingerprint density at radius 2 is 2.07 bits per heavy atom. The molecule has 1 fully saturated rings. The predicted octanol–water partition coefficient (Wildman–Crippen LogP) is 2.38. The van der Waals surface area contributed by atoms with Crippen LogP contribution in [0.4, 0.5) is 0 Å². The lowest BCUT2D eigenvalue weighted by molar-refractivity contribution is -0.149. The smallest absolute Gasteiger partial charge is 0.348 e. The molecule has 27 heavy (non-hydrogen) atoms. The molecule has 1 aliphatic rings. The van der Waals surface area contributed by atoms with Gasteiger partial charge < -0.3 is 14.4 Å². The zero-order chi connectivity index (χ0) is 19.6. The number of carbonyl (C=O) groups excluding carboxylic acids is 2. The van der Waals surface area contributed by atoms with Gasteiger partial charge in [-0.3, -0.25) is 9.59 Å². The molecule has 1 aromatic heterocycles. The number of carboxylic acid groups (broad SMARTS) is 1. The Morgan fingerprint density at radius 1 is 1.33 bits per heavy atom. The van der Waals surface area contributed by atoms with E-state index in [2.05, 4.69) is 0 Å². The number of benzene rings is 1. The number of hydrogen-bond donors (Lipinski definition) is 1. The zero-order valence-electron chi connectivity index (χ0n) is 14.7. The van der Waals surface area contributed by atoms with Crippen LogP contribution in [0.2, 0.25) is 0 Å². The fraction of sp³-hybridized carbons (Fsp3) is 0.368. The Kier molecular flexibility index (Phi) is 5.65. The number of hydrogen-bond acceptors (Lipinski definition) is 6. The number of para-hydroxylation sites is 1. The van der Waals surface area contributed by atoms with Crippen LogP contribution in [0.3, 0.4) is 0 Å². The fourth-order valence-electron chi connectivity index (χ4n) is 3.12.